The summed E-state index contributed by atoms with van der Waals surface area (Å²) >= 11 is 1.32. The van der Waals surface area contributed by atoms with E-state index in [4.69, 9.17) is 5.73 Å². The second-order valence-electron chi connectivity index (χ2n) is 6.56. The average Bonchev–Trinajstić information content (AvgIpc) is 3.35. The number of para-hydroxylation sites is 1. The Morgan fingerprint density at radius 3 is 2.56 bits per heavy atom. The highest BCUT2D eigenvalue weighted by atomic mass is 32.2. The van der Waals surface area contributed by atoms with Crippen molar-refractivity contribution in [3.05, 3.63) is 53.6 Å². The molecule has 6 nitrogen and oxygen atoms in total. The lowest BCUT2D eigenvalue weighted by molar-refractivity contribution is 0.0998. The number of aromatic nitrogens is 2. The summed E-state index contributed by atoms with van der Waals surface area (Å²) < 4.78 is 0. The predicted octanol–water partition coefficient (Wildman–Crippen LogP) is 3.24. The summed E-state index contributed by atoms with van der Waals surface area (Å²) in [6, 6.07) is 13.0. The summed E-state index contributed by atoms with van der Waals surface area (Å²) in [6.07, 6.45) is 2.46. The number of Topliss-reactive ketones (excluding diaryl/α,β-unsaturated/α-hetero) is 1. The Morgan fingerprint density at radius 2 is 1.85 bits per heavy atom. The van der Waals surface area contributed by atoms with Crippen molar-refractivity contribution in [2.24, 2.45) is 5.73 Å². The SMILES string of the molecule is NC(=O)c1cccc2[nH]c(SCC(=O)c3ccc(N4CCCC4)cc3)nc12. The first-order valence-corrected chi connectivity index (χ1v) is 9.90. The fourth-order valence-corrected chi connectivity index (χ4v) is 4.10. The van der Waals surface area contributed by atoms with Crippen LogP contribution in [-0.2, 0) is 0 Å². The quantitative estimate of drug-likeness (QED) is 0.506. The van der Waals surface area contributed by atoms with Crippen molar-refractivity contribution in [2.45, 2.75) is 18.0 Å². The van der Waals surface area contributed by atoms with Crippen molar-refractivity contribution in [2.75, 3.05) is 23.7 Å². The molecule has 27 heavy (non-hydrogen) atoms. The fraction of sp³-hybridized carbons (Fsp3) is 0.250. The number of imidazole rings is 1. The Bertz CT molecular complexity index is 991. The van der Waals surface area contributed by atoms with Gasteiger partial charge in [0.25, 0.3) is 5.91 Å². The first kappa shape index (κ1) is 17.6. The number of hydrogen-bond acceptors (Lipinski definition) is 5. The number of primary amides is 1. The van der Waals surface area contributed by atoms with E-state index in [0.29, 0.717) is 21.8 Å². The van der Waals surface area contributed by atoms with E-state index in [1.807, 2.05) is 30.3 Å². The van der Waals surface area contributed by atoms with E-state index in [0.717, 1.165) is 18.6 Å². The Morgan fingerprint density at radius 1 is 1.11 bits per heavy atom. The van der Waals surface area contributed by atoms with Gasteiger partial charge in [-0.15, -0.1) is 0 Å². The van der Waals surface area contributed by atoms with E-state index in [-0.39, 0.29) is 11.5 Å². The molecular weight excluding hydrogens is 360 g/mol. The second kappa shape index (κ2) is 7.44. The lowest BCUT2D eigenvalue weighted by Gasteiger charge is -2.17. The molecule has 1 amide bonds. The Labute approximate surface area is 161 Å². The number of hydrogen-bond donors (Lipinski definition) is 2. The van der Waals surface area contributed by atoms with Crippen LogP contribution in [0.25, 0.3) is 11.0 Å². The highest BCUT2D eigenvalue weighted by Gasteiger charge is 2.15. The van der Waals surface area contributed by atoms with Crippen molar-refractivity contribution in [3.63, 3.8) is 0 Å². The van der Waals surface area contributed by atoms with Crippen molar-refractivity contribution < 1.29 is 9.59 Å². The Kier molecular flexibility index (Phi) is 4.85. The average molecular weight is 380 g/mol. The number of benzene rings is 2. The summed E-state index contributed by atoms with van der Waals surface area (Å²) in [5, 5.41) is 0.598. The normalized spacial score (nSPS) is 14.0. The smallest absolute Gasteiger partial charge is 0.250 e. The molecule has 1 fully saturated rings. The molecule has 1 aliphatic rings. The van der Waals surface area contributed by atoms with Gasteiger partial charge in [-0.25, -0.2) is 4.98 Å². The van der Waals surface area contributed by atoms with Gasteiger partial charge in [-0.2, -0.15) is 0 Å². The third-order valence-corrected chi connectivity index (χ3v) is 5.63. The molecule has 3 aromatic rings. The number of anilines is 1. The van der Waals surface area contributed by atoms with Crippen LogP contribution in [-0.4, -0.2) is 40.5 Å². The number of amides is 1. The number of rotatable bonds is 6. The molecule has 1 aromatic heterocycles. The molecule has 0 aliphatic carbocycles. The number of nitrogens with one attached hydrogen (secondary N) is 1. The van der Waals surface area contributed by atoms with Gasteiger partial charge in [0.1, 0.15) is 5.52 Å². The topological polar surface area (TPSA) is 92.1 Å². The van der Waals surface area contributed by atoms with Crippen molar-refractivity contribution in [1.82, 2.24) is 9.97 Å². The number of carbonyl (C=O) groups is 2. The van der Waals surface area contributed by atoms with E-state index in [9.17, 15) is 9.59 Å². The molecule has 138 valence electrons. The molecule has 0 bridgehead atoms. The van der Waals surface area contributed by atoms with Gasteiger partial charge in [0.05, 0.1) is 16.8 Å². The lowest BCUT2D eigenvalue weighted by Crippen LogP contribution is -2.17. The minimum absolute atomic E-state index is 0.0450. The number of nitrogens with two attached hydrogens (primary N) is 1. The van der Waals surface area contributed by atoms with Crippen LogP contribution in [0.1, 0.15) is 33.6 Å². The maximum atomic E-state index is 12.5. The van der Waals surface area contributed by atoms with Crippen molar-refractivity contribution >= 4 is 40.2 Å². The van der Waals surface area contributed by atoms with Gasteiger partial charge in [0, 0.05) is 24.3 Å². The second-order valence-corrected chi connectivity index (χ2v) is 7.52. The number of thioether (sulfide) groups is 1. The number of carbonyl (C=O) groups excluding carboxylic acids is 2. The van der Waals surface area contributed by atoms with Crippen LogP contribution in [0.2, 0.25) is 0 Å². The summed E-state index contributed by atoms with van der Waals surface area (Å²) in [5.41, 5.74) is 8.90. The van der Waals surface area contributed by atoms with Gasteiger partial charge in [-0.05, 0) is 49.2 Å². The van der Waals surface area contributed by atoms with Gasteiger partial charge in [-0.1, -0.05) is 17.8 Å². The number of aromatic amines is 1. The van der Waals surface area contributed by atoms with Crippen molar-refractivity contribution in [3.8, 4) is 0 Å². The first-order chi connectivity index (χ1) is 13.1. The van der Waals surface area contributed by atoms with Crippen LogP contribution in [0.3, 0.4) is 0 Å². The minimum Gasteiger partial charge on any atom is -0.372 e. The monoisotopic (exact) mass is 380 g/mol. The van der Waals surface area contributed by atoms with Gasteiger partial charge in [-0.3, -0.25) is 9.59 Å². The zero-order chi connectivity index (χ0) is 18.8. The molecular formula is C20H20N4O2S. The van der Waals surface area contributed by atoms with E-state index in [2.05, 4.69) is 14.9 Å². The number of nitrogens with zero attached hydrogens (tertiary/aromatic N) is 2. The first-order valence-electron chi connectivity index (χ1n) is 8.91. The zero-order valence-corrected chi connectivity index (χ0v) is 15.6. The highest BCUT2D eigenvalue weighted by molar-refractivity contribution is 7.99. The maximum absolute atomic E-state index is 12.5. The van der Waals surface area contributed by atoms with E-state index >= 15 is 0 Å². The fourth-order valence-electron chi connectivity index (χ4n) is 3.33. The predicted molar refractivity (Wildman–Crippen MR) is 108 cm³/mol. The van der Waals surface area contributed by atoms with Gasteiger partial charge in [0.15, 0.2) is 10.9 Å². The standard InChI is InChI=1S/C20H20N4O2S/c21-19(26)15-4-3-5-16-18(15)23-20(22-16)27-12-17(25)13-6-8-14(9-7-13)24-10-1-2-11-24/h3-9H,1-2,10-12H2,(H2,21,26)(H,22,23). The van der Waals surface area contributed by atoms with Crippen LogP contribution in [0.4, 0.5) is 5.69 Å². The van der Waals surface area contributed by atoms with E-state index < -0.39 is 5.91 Å². The van der Waals surface area contributed by atoms with E-state index in [1.54, 1.807) is 12.1 Å². The molecule has 4 rings (SSSR count). The van der Waals surface area contributed by atoms with Crippen LogP contribution >= 0.6 is 11.8 Å². The molecule has 0 saturated carbocycles. The highest BCUT2D eigenvalue weighted by Crippen LogP contribution is 2.24. The van der Waals surface area contributed by atoms with Crippen LogP contribution in [0.5, 0.6) is 0 Å². The molecule has 7 heteroatoms. The summed E-state index contributed by atoms with van der Waals surface area (Å²) in [4.78, 5) is 33.9. The molecule has 0 spiro atoms. The maximum Gasteiger partial charge on any atom is 0.250 e. The van der Waals surface area contributed by atoms with Gasteiger partial charge < -0.3 is 15.6 Å². The minimum atomic E-state index is -0.516. The summed E-state index contributed by atoms with van der Waals surface area (Å²) in [5.74, 6) is -0.198. The Hall–Kier alpha value is -2.80. The molecule has 0 atom stereocenters. The van der Waals surface area contributed by atoms with Crippen LogP contribution in [0, 0.1) is 0 Å². The van der Waals surface area contributed by atoms with Gasteiger partial charge >= 0.3 is 0 Å². The summed E-state index contributed by atoms with van der Waals surface area (Å²) in [7, 11) is 0. The van der Waals surface area contributed by atoms with Gasteiger partial charge in [0.2, 0.25) is 0 Å². The molecule has 2 aromatic carbocycles. The lowest BCUT2D eigenvalue weighted by atomic mass is 10.1. The molecule has 1 aliphatic heterocycles. The number of fused-ring (bicyclic) bond motifs is 1. The van der Waals surface area contributed by atoms with Crippen LogP contribution < -0.4 is 10.6 Å². The Balaban J connectivity index is 1.44. The molecule has 0 unspecified atom stereocenters. The summed E-state index contributed by atoms with van der Waals surface area (Å²) in [6.45, 7) is 2.17. The molecule has 0 radical (unpaired) electrons. The van der Waals surface area contributed by atoms with E-state index in [1.165, 1.54) is 30.3 Å². The third-order valence-electron chi connectivity index (χ3n) is 4.76. The number of H-pyrrole nitrogens is 1. The molecule has 1 saturated heterocycles. The van der Waals surface area contributed by atoms with Crippen molar-refractivity contribution in [1.29, 1.82) is 0 Å². The molecule has 3 N–H and O–H groups in total. The zero-order valence-electron chi connectivity index (χ0n) is 14.8. The largest absolute Gasteiger partial charge is 0.372 e. The number of ketones is 1. The van der Waals surface area contributed by atoms with Crippen LogP contribution in [0.15, 0.2) is 47.6 Å². The third kappa shape index (κ3) is 3.68. The molecule has 2 heterocycles.